The van der Waals surface area contributed by atoms with Crippen LogP contribution in [0.15, 0.2) is 5.16 Å². The van der Waals surface area contributed by atoms with Gasteiger partial charge in [-0.2, -0.15) is 5.26 Å². The van der Waals surface area contributed by atoms with Gasteiger partial charge in [0, 0.05) is 12.8 Å². The fraction of sp³-hybridized carbons (Fsp3) is 0.750. The van der Waals surface area contributed by atoms with Gasteiger partial charge >= 0.3 is 0 Å². The maximum Gasteiger partial charge on any atom is 0.190 e. The molecule has 1 rings (SSSR count). The molecule has 0 radical (unpaired) electrons. The van der Waals surface area contributed by atoms with Crippen molar-refractivity contribution in [2.75, 3.05) is 12.3 Å². The second-order valence-electron chi connectivity index (χ2n) is 4.56. The summed E-state index contributed by atoms with van der Waals surface area (Å²) >= 11 is 1.64. The van der Waals surface area contributed by atoms with Gasteiger partial charge in [-0.05, 0) is 33.2 Å². The fourth-order valence-electron chi connectivity index (χ4n) is 1.44. The van der Waals surface area contributed by atoms with E-state index in [0.29, 0.717) is 0 Å². The average molecular weight is 267 g/mol. The number of hydrogen-bond donors (Lipinski definition) is 1. The van der Waals surface area contributed by atoms with Crippen molar-refractivity contribution >= 4 is 11.8 Å². The lowest BCUT2D eigenvalue weighted by atomic mass is 10.0. The molecule has 0 spiro atoms. The van der Waals surface area contributed by atoms with Gasteiger partial charge in [0.15, 0.2) is 5.16 Å². The summed E-state index contributed by atoms with van der Waals surface area (Å²) in [7, 11) is 1.95. The van der Waals surface area contributed by atoms with Crippen LogP contribution in [-0.4, -0.2) is 32.6 Å². The van der Waals surface area contributed by atoms with Crippen LogP contribution in [0.3, 0.4) is 0 Å². The molecule has 1 aromatic heterocycles. The summed E-state index contributed by atoms with van der Waals surface area (Å²) in [6, 6.07) is 2.35. The number of thioether (sulfide) groups is 1. The first-order chi connectivity index (χ1) is 8.52. The topological polar surface area (TPSA) is 66.5 Å². The van der Waals surface area contributed by atoms with Gasteiger partial charge in [0.2, 0.25) is 0 Å². The van der Waals surface area contributed by atoms with Gasteiger partial charge < -0.3 is 4.57 Å². The molecule has 1 unspecified atom stereocenters. The van der Waals surface area contributed by atoms with Crippen molar-refractivity contribution in [2.24, 2.45) is 7.05 Å². The minimum Gasteiger partial charge on any atom is -0.309 e. The van der Waals surface area contributed by atoms with Gasteiger partial charge in [-0.1, -0.05) is 18.7 Å². The Morgan fingerprint density at radius 3 is 2.72 bits per heavy atom. The molecule has 0 saturated heterocycles. The monoisotopic (exact) mass is 267 g/mol. The first kappa shape index (κ1) is 15.0. The van der Waals surface area contributed by atoms with Gasteiger partial charge in [0.1, 0.15) is 11.4 Å². The lowest BCUT2D eigenvalue weighted by Crippen LogP contribution is -2.41. The van der Waals surface area contributed by atoms with Gasteiger partial charge in [-0.3, -0.25) is 5.32 Å². The van der Waals surface area contributed by atoms with E-state index in [1.807, 2.05) is 25.5 Å². The molecule has 18 heavy (non-hydrogen) atoms. The Labute approximate surface area is 113 Å². The highest BCUT2D eigenvalue weighted by Crippen LogP contribution is 2.20. The van der Waals surface area contributed by atoms with Crippen LogP contribution in [-0.2, 0) is 7.05 Å². The largest absolute Gasteiger partial charge is 0.309 e. The smallest absolute Gasteiger partial charge is 0.190 e. The third kappa shape index (κ3) is 4.00. The van der Waals surface area contributed by atoms with Crippen LogP contribution in [0.25, 0.3) is 0 Å². The van der Waals surface area contributed by atoms with E-state index in [1.165, 1.54) is 0 Å². The lowest BCUT2D eigenvalue weighted by Gasteiger charge is -2.22. The summed E-state index contributed by atoms with van der Waals surface area (Å²) in [5.41, 5.74) is -0.448. The molecule has 0 bridgehead atoms. The summed E-state index contributed by atoms with van der Waals surface area (Å²) in [5.74, 6) is 1.76. The Hall–Kier alpha value is -1.06. The summed E-state index contributed by atoms with van der Waals surface area (Å²) < 4.78 is 1.97. The maximum atomic E-state index is 9.21. The molecule has 6 heteroatoms. The Balaban J connectivity index is 2.45. The van der Waals surface area contributed by atoms with Crippen molar-refractivity contribution in [3.05, 3.63) is 5.82 Å². The molecule has 5 nitrogen and oxygen atoms in total. The number of hydrogen-bond acceptors (Lipinski definition) is 5. The van der Waals surface area contributed by atoms with Gasteiger partial charge in [-0.15, -0.1) is 10.2 Å². The van der Waals surface area contributed by atoms with Crippen molar-refractivity contribution in [2.45, 2.75) is 44.3 Å². The SMILES string of the molecule is CCCNC(C)(C#N)CCSc1nnc(C)n1C. The third-order valence-corrected chi connectivity index (χ3v) is 3.92. The Morgan fingerprint density at radius 2 is 2.22 bits per heavy atom. The predicted molar refractivity (Wildman–Crippen MR) is 73.4 cm³/mol. The highest BCUT2D eigenvalue weighted by molar-refractivity contribution is 7.99. The summed E-state index contributed by atoms with van der Waals surface area (Å²) in [5, 5.41) is 21.5. The predicted octanol–water partition coefficient (Wildman–Crippen LogP) is 1.89. The number of nitrogens with zero attached hydrogens (tertiary/aromatic N) is 4. The molecule has 0 aliphatic carbocycles. The summed E-state index contributed by atoms with van der Waals surface area (Å²) in [6.07, 6.45) is 1.83. The second kappa shape index (κ2) is 6.76. The second-order valence-corrected chi connectivity index (χ2v) is 5.62. The normalized spacial score (nSPS) is 14.2. The number of rotatable bonds is 7. The first-order valence-corrected chi connectivity index (χ1v) is 7.16. The molecule has 1 N–H and O–H groups in total. The fourth-order valence-corrected chi connectivity index (χ4v) is 2.56. The molecule has 0 amide bonds. The molecule has 0 fully saturated rings. The molecule has 0 aliphatic rings. The molecule has 1 atom stereocenters. The number of aromatic nitrogens is 3. The summed E-state index contributed by atoms with van der Waals surface area (Å²) in [6.45, 7) is 6.85. The van der Waals surface area contributed by atoms with Crippen molar-refractivity contribution < 1.29 is 0 Å². The lowest BCUT2D eigenvalue weighted by molar-refractivity contribution is 0.437. The zero-order chi connectivity index (χ0) is 13.6. The van der Waals surface area contributed by atoms with Crippen LogP contribution < -0.4 is 5.32 Å². The molecule has 0 aromatic carbocycles. The zero-order valence-corrected chi connectivity index (χ0v) is 12.3. The van der Waals surface area contributed by atoms with E-state index in [2.05, 4.69) is 28.5 Å². The van der Waals surface area contributed by atoms with Crippen molar-refractivity contribution in [3.8, 4) is 6.07 Å². The molecule has 0 aliphatic heterocycles. The van der Waals surface area contributed by atoms with E-state index in [1.54, 1.807) is 11.8 Å². The Kier molecular flexibility index (Phi) is 5.63. The van der Waals surface area contributed by atoms with Gasteiger partial charge in [0.05, 0.1) is 6.07 Å². The van der Waals surface area contributed by atoms with Gasteiger partial charge in [-0.25, -0.2) is 0 Å². The highest BCUT2D eigenvalue weighted by atomic mass is 32.2. The van der Waals surface area contributed by atoms with Crippen LogP contribution in [0.5, 0.6) is 0 Å². The van der Waals surface area contributed by atoms with Gasteiger partial charge in [0.25, 0.3) is 0 Å². The van der Waals surface area contributed by atoms with E-state index in [4.69, 9.17) is 0 Å². The molecular formula is C12H21N5S. The van der Waals surface area contributed by atoms with Crippen molar-refractivity contribution in [1.82, 2.24) is 20.1 Å². The van der Waals surface area contributed by atoms with E-state index in [9.17, 15) is 5.26 Å². The first-order valence-electron chi connectivity index (χ1n) is 6.17. The van der Waals surface area contributed by atoms with E-state index >= 15 is 0 Å². The minimum atomic E-state index is -0.448. The molecule has 100 valence electrons. The van der Waals surface area contributed by atoms with Crippen LogP contribution in [0, 0.1) is 18.3 Å². The third-order valence-electron chi connectivity index (χ3n) is 2.90. The quantitative estimate of drug-likeness (QED) is 0.764. The Bertz CT molecular complexity index is 423. The summed E-state index contributed by atoms with van der Waals surface area (Å²) in [4.78, 5) is 0. The standard InChI is InChI=1S/C12H21N5S/c1-5-7-14-12(3,9-13)6-8-18-11-16-15-10(2)17(11)4/h14H,5-8H2,1-4H3. The average Bonchev–Trinajstić information content (AvgIpc) is 2.68. The minimum absolute atomic E-state index is 0.448. The number of nitrogens with one attached hydrogen (secondary N) is 1. The van der Waals surface area contributed by atoms with Crippen molar-refractivity contribution in [3.63, 3.8) is 0 Å². The van der Waals surface area contributed by atoms with Crippen LogP contribution in [0.4, 0.5) is 0 Å². The maximum absolute atomic E-state index is 9.21. The van der Waals surface area contributed by atoms with E-state index in [0.717, 1.165) is 36.1 Å². The molecular weight excluding hydrogens is 246 g/mol. The van der Waals surface area contributed by atoms with Crippen LogP contribution >= 0.6 is 11.8 Å². The van der Waals surface area contributed by atoms with E-state index in [-0.39, 0.29) is 0 Å². The molecule has 0 saturated carbocycles. The number of aryl methyl sites for hydroxylation is 1. The highest BCUT2D eigenvalue weighted by Gasteiger charge is 2.22. The van der Waals surface area contributed by atoms with Crippen LogP contribution in [0.2, 0.25) is 0 Å². The zero-order valence-electron chi connectivity index (χ0n) is 11.5. The number of nitriles is 1. The van der Waals surface area contributed by atoms with Crippen LogP contribution in [0.1, 0.15) is 32.5 Å². The van der Waals surface area contributed by atoms with Crippen molar-refractivity contribution in [1.29, 1.82) is 5.26 Å². The molecule has 1 heterocycles. The Morgan fingerprint density at radius 1 is 1.50 bits per heavy atom. The molecule has 1 aromatic rings. The van der Waals surface area contributed by atoms with E-state index < -0.39 is 5.54 Å².